The fourth-order valence-electron chi connectivity index (χ4n) is 1.59. The van der Waals surface area contributed by atoms with Crippen LogP contribution in [0.2, 0.25) is 0 Å². The topological polar surface area (TPSA) is 51.0 Å². The lowest BCUT2D eigenvalue weighted by Gasteiger charge is -2.02. The average molecular weight is 245 g/mol. The lowest BCUT2D eigenvalue weighted by Crippen LogP contribution is -2.07. The molecule has 17 heavy (non-hydrogen) atoms. The average Bonchev–Trinajstić information content (AvgIpc) is 2.98. The lowest BCUT2D eigenvalue weighted by atomic mass is 10.3. The number of nitrogens with one attached hydrogen (secondary N) is 1. The van der Waals surface area contributed by atoms with Crippen molar-refractivity contribution in [2.75, 3.05) is 11.9 Å². The fourth-order valence-corrected chi connectivity index (χ4v) is 2.33. The van der Waals surface area contributed by atoms with E-state index < -0.39 is 0 Å². The molecule has 3 aromatic rings. The molecule has 0 amide bonds. The zero-order chi connectivity index (χ0) is 11.5. The predicted octanol–water partition coefficient (Wildman–Crippen LogP) is 2.94. The van der Waals surface area contributed by atoms with Gasteiger partial charge in [0.25, 0.3) is 0 Å². The van der Waals surface area contributed by atoms with Crippen molar-refractivity contribution in [2.45, 2.75) is 6.42 Å². The van der Waals surface area contributed by atoms with Gasteiger partial charge in [0.05, 0.1) is 6.26 Å². The number of nitrogens with zero attached hydrogens (tertiary/aromatic N) is 2. The second-order valence-corrected chi connectivity index (χ2v) is 4.53. The molecule has 0 fully saturated rings. The van der Waals surface area contributed by atoms with E-state index in [0.29, 0.717) is 5.95 Å². The molecule has 0 saturated carbocycles. The number of anilines is 1. The summed E-state index contributed by atoms with van der Waals surface area (Å²) in [5.41, 5.74) is 0. The number of rotatable bonds is 4. The highest BCUT2D eigenvalue weighted by Crippen LogP contribution is 2.18. The first-order valence-corrected chi connectivity index (χ1v) is 6.26. The SMILES string of the molecule is c1coc(CCNc2ncc3ccsc3n2)c1. The number of fused-ring (bicyclic) bond motifs is 1. The predicted molar refractivity (Wildman–Crippen MR) is 68.3 cm³/mol. The van der Waals surface area contributed by atoms with Crippen LogP contribution in [-0.2, 0) is 6.42 Å². The molecule has 0 aliphatic carbocycles. The van der Waals surface area contributed by atoms with Crippen molar-refractivity contribution in [2.24, 2.45) is 0 Å². The highest BCUT2D eigenvalue weighted by Gasteiger charge is 2.01. The minimum Gasteiger partial charge on any atom is -0.469 e. The standard InChI is InChI=1S/C12H11N3OS/c1-2-10(16-6-1)3-5-13-12-14-8-9-4-7-17-11(9)15-12/h1-2,4,6-8H,3,5H2,(H,13,14,15). The Bertz CT molecular complexity index is 603. The minimum absolute atomic E-state index is 0.673. The van der Waals surface area contributed by atoms with Crippen molar-refractivity contribution in [1.29, 1.82) is 0 Å². The third-order valence-electron chi connectivity index (χ3n) is 2.44. The molecule has 0 radical (unpaired) electrons. The Morgan fingerprint density at radius 1 is 1.35 bits per heavy atom. The summed E-state index contributed by atoms with van der Waals surface area (Å²) >= 11 is 1.62. The maximum absolute atomic E-state index is 5.25. The van der Waals surface area contributed by atoms with Crippen molar-refractivity contribution < 1.29 is 4.42 Å². The molecule has 0 aromatic carbocycles. The summed E-state index contributed by atoms with van der Waals surface area (Å²) in [6, 6.07) is 5.88. The van der Waals surface area contributed by atoms with Crippen LogP contribution in [0.4, 0.5) is 5.95 Å². The summed E-state index contributed by atoms with van der Waals surface area (Å²) < 4.78 is 5.25. The molecule has 0 aliphatic rings. The molecule has 0 unspecified atom stereocenters. The van der Waals surface area contributed by atoms with Gasteiger partial charge in [0.15, 0.2) is 0 Å². The lowest BCUT2D eigenvalue weighted by molar-refractivity contribution is 0.512. The first kappa shape index (κ1) is 10.3. The number of furan rings is 1. The highest BCUT2D eigenvalue weighted by atomic mass is 32.1. The number of thiophene rings is 1. The van der Waals surface area contributed by atoms with Gasteiger partial charge in [-0.1, -0.05) is 0 Å². The largest absolute Gasteiger partial charge is 0.469 e. The molecule has 0 aliphatic heterocycles. The minimum atomic E-state index is 0.673. The van der Waals surface area contributed by atoms with Gasteiger partial charge in [0, 0.05) is 24.5 Å². The molecule has 0 saturated heterocycles. The Morgan fingerprint density at radius 3 is 3.24 bits per heavy atom. The summed E-state index contributed by atoms with van der Waals surface area (Å²) in [5, 5.41) is 6.30. The summed E-state index contributed by atoms with van der Waals surface area (Å²) in [6.07, 6.45) is 4.36. The van der Waals surface area contributed by atoms with Crippen LogP contribution in [0.25, 0.3) is 10.2 Å². The first-order chi connectivity index (χ1) is 8.42. The molecule has 0 bridgehead atoms. The van der Waals surface area contributed by atoms with Crippen molar-refractivity contribution >= 4 is 27.5 Å². The summed E-state index contributed by atoms with van der Waals surface area (Å²) in [7, 11) is 0. The zero-order valence-electron chi connectivity index (χ0n) is 9.09. The number of aromatic nitrogens is 2. The molecule has 5 heteroatoms. The fraction of sp³-hybridized carbons (Fsp3) is 0.167. The van der Waals surface area contributed by atoms with E-state index >= 15 is 0 Å². The molecule has 3 heterocycles. The van der Waals surface area contributed by atoms with Crippen LogP contribution >= 0.6 is 11.3 Å². The van der Waals surface area contributed by atoms with Gasteiger partial charge in [0.1, 0.15) is 10.6 Å². The van der Waals surface area contributed by atoms with Crippen molar-refractivity contribution in [3.05, 3.63) is 41.8 Å². The molecule has 4 nitrogen and oxygen atoms in total. The quantitative estimate of drug-likeness (QED) is 0.767. The van der Waals surface area contributed by atoms with E-state index in [1.165, 1.54) is 0 Å². The highest BCUT2D eigenvalue weighted by molar-refractivity contribution is 7.16. The van der Waals surface area contributed by atoms with E-state index in [0.717, 1.165) is 28.9 Å². The van der Waals surface area contributed by atoms with Crippen LogP contribution in [0.15, 0.2) is 40.5 Å². The van der Waals surface area contributed by atoms with E-state index in [1.807, 2.05) is 29.8 Å². The second-order valence-electron chi connectivity index (χ2n) is 3.63. The molecule has 3 rings (SSSR count). The van der Waals surface area contributed by atoms with E-state index in [1.54, 1.807) is 17.6 Å². The van der Waals surface area contributed by atoms with Crippen molar-refractivity contribution in [1.82, 2.24) is 9.97 Å². The third-order valence-corrected chi connectivity index (χ3v) is 3.26. The normalized spacial score (nSPS) is 10.8. The van der Waals surface area contributed by atoms with Gasteiger partial charge in [-0.05, 0) is 23.6 Å². The van der Waals surface area contributed by atoms with Crippen LogP contribution in [0.1, 0.15) is 5.76 Å². The second kappa shape index (κ2) is 4.55. The van der Waals surface area contributed by atoms with Crippen LogP contribution in [-0.4, -0.2) is 16.5 Å². The van der Waals surface area contributed by atoms with E-state index in [2.05, 4.69) is 15.3 Å². The van der Waals surface area contributed by atoms with Gasteiger partial charge in [-0.2, -0.15) is 0 Å². The Morgan fingerprint density at radius 2 is 2.35 bits per heavy atom. The molecule has 0 spiro atoms. The maximum atomic E-state index is 5.25. The molecule has 3 aromatic heterocycles. The van der Waals surface area contributed by atoms with Crippen molar-refractivity contribution in [3.63, 3.8) is 0 Å². The summed E-state index contributed by atoms with van der Waals surface area (Å²) in [4.78, 5) is 9.69. The van der Waals surface area contributed by atoms with Gasteiger partial charge in [-0.3, -0.25) is 0 Å². The van der Waals surface area contributed by atoms with Crippen LogP contribution < -0.4 is 5.32 Å². The monoisotopic (exact) mass is 245 g/mol. The van der Waals surface area contributed by atoms with Gasteiger partial charge >= 0.3 is 0 Å². The van der Waals surface area contributed by atoms with Gasteiger partial charge < -0.3 is 9.73 Å². The molecular formula is C12H11N3OS. The summed E-state index contributed by atoms with van der Waals surface area (Å²) in [6.45, 7) is 0.768. The van der Waals surface area contributed by atoms with Gasteiger partial charge in [0.2, 0.25) is 5.95 Å². The Balaban J connectivity index is 1.64. The number of hydrogen-bond acceptors (Lipinski definition) is 5. The Hall–Kier alpha value is -1.88. The Kier molecular flexibility index (Phi) is 2.75. The number of hydrogen-bond donors (Lipinski definition) is 1. The zero-order valence-corrected chi connectivity index (χ0v) is 9.91. The van der Waals surface area contributed by atoms with Crippen LogP contribution in [0, 0.1) is 0 Å². The molecule has 0 atom stereocenters. The molecule has 86 valence electrons. The third kappa shape index (κ3) is 2.29. The first-order valence-electron chi connectivity index (χ1n) is 5.38. The van der Waals surface area contributed by atoms with E-state index in [9.17, 15) is 0 Å². The molecular weight excluding hydrogens is 234 g/mol. The maximum Gasteiger partial charge on any atom is 0.224 e. The van der Waals surface area contributed by atoms with E-state index in [4.69, 9.17) is 4.42 Å². The van der Waals surface area contributed by atoms with Crippen LogP contribution in [0.3, 0.4) is 0 Å². The molecule has 1 N–H and O–H groups in total. The summed E-state index contributed by atoms with van der Waals surface area (Å²) in [5.74, 6) is 1.64. The Labute approximate surface area is 102 Å². The van der Waals surface area contributed by atoms with Crippen molar-refractivity contribution in [3.8, 4) is 0 Å². The van der Waals surface area contributed by atoms with Gasteiger partial charge in [-0.15, -0.1) is 11.3 Å². The van der Waals surface area contributed by atoms with E-state index in [-0.39, 0.29) is 0 Å². The van der Waals surface area contributed by atoms with Gasteiger partial charge in [-0.25, -0.2) is 9.97 Å². The smallest absolute Gasteiger partial charge is 0.224 e. The van der Waals surface area contributed by atoms with Crippen LogP contribution in [0.5, 0.6) is 0 Å².